The third-order valence-corrected chi connectivity index (χ3v) is 3.67. The highest BCUT2D eigenvalue weighted by Crippen LogP contribution is 2.37. The zero-order chi connectivity index (χ0) is 12.5. The van der Waals surface area contributed by atoms with Crippen molar-refractivity contribution in [1.82, 2.24) is 4.98 Å². The molecule has 3 heteroatoms. The van der Waals surface area contributed by atoms with Crippen LogP contribution in [0.2, 0.25) is 0 Å². The molecule has 2 fully saturated rings. The molecule has 2 unspecified atom stereocenters. The van der Waals surface area contributed by atoms with E-state index in [4.69, 9.17) is 11.2 Å². The fraction of sp³-hybridized carbons (Fsp3) is 0.533. The van der Waals surface area contributed by atoms with Crippen molar-refractivity contribution in [3.8, 4) is 12.3 Å². The number of anilines is 1. The van der Waals surface area contributed by atoms with Crippen LogP contribution in [-0.2, 0) is 4.74 Å². The van der Waals surface area contributed by atoms with E-state index in [-0.39, 0.29) is 6.10 Å². The zero-order valence-corrected chi connectivity index (χ0v) is 10.7. The van der Waals surface area contributed by atoms with Crippen LogP contribution < -0.4 is 4.90 Å². The summed E-state index contributed by atoms with van der Waals surface area (Å²) in [6, 6.07) is 3.84. The molecular formula is C15H18N2O. The van der Waals surface area contributed by atoms with Crippen molar-refractivity contribution in [2.24, 2.45) is 5.92 Å². The smallest absolute Gasteiger partial charge is 0.144 e. The summed E-state index contributed by atoms with van der Waals surface area (Å²) in [6.07, 6.45) is 10.6. The lowest BCUT2D eigenvalue weighted by Crippen LogP contribution is -2.48. The van der Waals surface area contributed by atoms with Crippen LogP contribution in [0.4, 0.5) is 5.82 Å². The molecule has 2 atom stereocenters. The third kappa shape index (κ3) is 2.21. The molecule has 94 valence electrons. The van der Waals surface area contributed by atoms with Gasteiger partial charge in [0.2, 0.25) is 0 Å². The molecule has 2 heterocycles. The molecule has 3 nitrogen and oxygen atoms in total. The van der Waals surface area contributed by atoms with Crippen LogP contribution >= 0.6 is 0 Å². The van der Waals surface area contributed by atoms with Gasteiger partial charge in [-0.2, -0.15) is 0 Å². The topological polar surface area (TPSA) is 25.4 Å². The van der Waals surface area contributed by atoms with Gasteiger partial charge in [0.1, 0.15) is 5.82 Å². The summed E-state index contributed by atoms with van der Waals surface area (Å²) in [5, 5.41) is 0. The number of aromatic nitrogens is 1. The lowest BCUT2D eigenvalue weighted by molar-refractivity contribution is -0.0273. The largest absolute Gasteiger partial charge is 0.371 e. The molecule has 18 heavy (non-hydrogen) atoms. The molecule has 0 aromatic carbocycles. The Morgan fingerprint density at radius 2 is 2.28 bits per heavy atom. The lowest BCUT2D eigenvalue weighted by atomic mass is 10.1. The maximum atomic E-state index is 6.01. The maximum absolute atomic E-state index is 6.01. The Hall–Kier alpha value is -1.53. The number of nitrogens with zero attached hydrogens (tertiary/aromatic N) is 2. The van der Waals surface area contributed by atoms with Crippen LogP contribution in [0.1, 0.15) is 25.3 Å². The molecular weight excluding hydrogens is 224 g/mol. The van der Waals surface area contributed by atoms with Gasteiger partial charge in [0.25, 0.3) is 0 Å². The highest BCUT2D eigenvalue weighted by atomic mass is 16.5. The van der Waals surface area contributed by atoms with Gasteiger partial charge in [-0.1, -0.05) is 5.92 Å². The van der Waals surface area contributed by atoms with Gasteiger partial charge < -0.3 is 9.64 Å². The minimum absolute atomic E-state index is 0.247. The average Bonchev–Trinajstić information content (AvgIpc) is 3.22. The Morgan fingerprint density at radius 3 is 3.00 bits per heavy atom. The van der Waals surface area contributed by atoms with Crippen molar-refractivity contribution in [2.45, 2.75) is 32.0 Å². The van der Waals surface area contributed by atoms with Crippen molar-refractivity contribution < 1.29 is 4.74 Å². The van der Waals surface area contributed by atoms with Gasteiger partial charge in [0.05, 0.1) is 17.8 Å². The van der Waals surface area contributed by atoms with Crippen LogP contribution in [0.5, 0.6) is 0 Å². The van der Waals surface area contributed by atoms with Crippen molar-refractivity contribution in [3.63, 3.8) is 0 Å². The third-order valence-electron chi connectivity index (χ3n) is 3.67. The number of terminal acetylenes is 1. The van der Waals surface area contributed by atoms with E-state index in [1.54, 1.807) is 0 Å². The molecule has 0 bridgehead atoms. The summed E-state index contributed by atoms with van der Waals surface area (Å²) in [5.41, 5.74) is 0.876. The summed E-state index contributed by atoms with van der Waals surface area (Å²) < 4.78 is 6.01. The first-order valence-corrected chi connectivity index (χ1v) is 6.60. The molecule has 1 aromatic heterocycles. The Labute approximate surface area is 108 Å². The predicted molar refractivity (Wildman–Crippen MR) is 71.4 cm³/mol. The Morgan fingerprint density at radius 1 is 1.44 bits per heavy atom. The van der Waals surface area contributed by atoms with E-state index in [2.05, 4.69) is 22.7 Å². The molecule has 1 saturated heterocycles. The minimum Gasteiger partial charge on any atom is -0.371 e. The van der Waals surface area contributed by atoms with E-state index >= 15 is 0 Å². The number of ether oxygens (including phenoxy) is 1. The number of pyridine rings is 1. The van der Waals surface area contributed by atoms with Gasteiger partial charge in [-0.3, -0.25) is 0 Å². The summed E-state index contributed by atoms with van der Waals surface area (Å²) in [6.45, 7) is 3.91. The molecule has 0 spiro atoms. The first kappa shape index (κ1) is 11.6. The van der Waals surface area contributed by atoms with E-state index in [0.29, 0.717) is 6.10 Å². The van der Waals surface area contributed by atoms with Gasteiger partial charge in [-0.15, -0.1) is 6.42 Å². The number of hydrogen-bond donors (Lipinski definition) is 0. The Bertz CT molecular complexity index is 476. The first-order chi connectivity index (χ1) is 8.78. The molecule has 1 aliphatic heterocycles. The highest BCUT2D eigenvalue weighted by molar-refractivity contribution is 5.55. The van der Waals surface area contributed by atoms with Crippen molar-refractivity contribution in [2.75, 3.05) is 18.0 Å². The second kappa shape index (κ2) is 4.62. The normalized spacial score (nSPS) is 27.9. The molecule has 1 aromatic rings. The molecule has 0 N–H and O–H groups in total. The Kier molecular flexibility index (Phi) is 2.97. The second-order valence-corrected chi connectivity index (χ2v) is 5.25. The van der Waals surface area contributed by atoms with E-state index in [0.717, 1.165) is 30.4 Å². The average molecular weight is 242 g/mol. The monoisotopic (exact) mass is 242 g/mol. The Balaban J connectivity index is 1.84. The molecule has 3 rings (SSSR count). The van der Waals surface area contributed by atoms with Gasteiger partial charge in [-0.05, 0) is 37.8 Å². The van der Waals surface area contributed by atoms with E-state index < -0.39 is 0 Å². The summed E-state index contributed by atoms with van der Waals surface area (Å²) >= 11 is 0. The van der Waals surface area contributed by atoms with Crippen LogP contribution in [0, 0.1) is 18.3 Å². The quantitative estimate of drug-likeness (QED) is 0.742. The van der Waals surface area contributed by atoms with Crippen LogP contribution in [0.3, 0.4) is 0 Å². The fourth-order valence-electron chi connectivity index (χ4n) is 2.65. The molecule has 0 radical (unpaired) electrons. The molecule has 1 saturated carbocycles. The minimum atomic E-state index is 0.247. The van der Waals surface area contributed by atoms with E-state index in [9.17, 15) is 0 Å². The fourth-order valence-corrected chi connectivity index (χ4v) is 2.65. The van der Waals surface area contributed by atoms with Gasteiger partial charge >= 0.3 is 0 Å². The first-order valence-electron chi connectivity index (χ1n) is 6.60. The molecule has 1 aliphatic carbocycles. The predicted octanol–water partition coefficient (Wildman–Crippen LogP) is 2.07. The highest BCUT2D eigenvalue weighted by Gasteiger charge is 2.37. The van der Waals surface area contributed by atoms with Gasteiger partial charge in [0.15, 0.2) is 0 Å². The SMILES string of the molecule is C#Cc1cccnc1N1CC(C)OC(C2CC2)C1. The summed E-state index contributed by atoms with van der Waals surface area (Å²) in [7, 11) is 0. The van der Waals surface area contributed by atoms with Crippen LogP contribution in [-0.4, -0.2) is 30.3 Å². The molecule has 0 amide bonds. The van der Waals surface area contributed by atoms with Crippen molar-refractivity contribution >= 4 is 5.82 Å². The van der Waals surface area contributed by atoms with E-state index in [1.807, 2.05) is 18.3 Å². The van der Waals surface area contributed by atoms with E-state index in [1.165, 1.54) is 12.8 Å². The lowest BCUT2D eigenvalue weighted by Gasteiger charge is -2.38. The molecule has 2 aliphatic rings. The summed E-state index contributed by atoms with van der Waals surface area (Å²) in [5.74, 6) is 4.40. The summed E-state index contributed by atoms with van der Waals surface area (Å²) in [4.78, 5) is 6.73. The van der Waals surface area contributed by atoms with Crippen molar-refractivity contribution in [3.05, 3.63) is 23.9 Å². The maximum Gasteiger partial charge on any atom is 0.144 e. The van der Waals surface area contributed by atoms with Crippen LogP contribution in [0.15, 0.2) is 18.3 Å². The van der Waals surface area contributed by atoms with Crippen molar-refractivity contribution in [1.29, 1.82) is 0 Å². The number of morpholine rings is 1. The van der Waals surface area contributed by atoms with Crippen LogP contribution in [0.25, 0.3) is 0 Å². The zero-order valence-electron chi connectivity index (χ0n) is 10.7. The second-order valence-electron chi connectivity index (χ2n) is 5.25. The number of rotatable bonds is 2. The standard InChI is InChI=1S/C15H18N2O/c1-3-12-5-4-8-16-15(12)17-9-11(2)18-14(10-17)13-6-7-13/h1,4-5,8,11,13-14H,6-7,9-10H2,2H3. The van der Waals surface area contributed by atoms with Gasteiger partial charge in [0, 0.05) is 19.3 Å². The van der Waals surface area contributed by atoms with Gasteiger partial charge in [-0.25, -0.2) is 4.98 Å². The number of hydrogen-bond acceptors (Lipinski definition) is 3.